The van der Waals surface area contributed by atoms with E-state index in [9.17, 15) is 67.2 Å². The number of halogens is 12. The van der Waals surface area contributed by atoms with E-state index in [0.717, 1.165) is 0 Å². The van der Waals surface area contributed by atoms with E-state index in [1.54, 1.807) is 4.94 Å². The van der Waals surface area contributed by atoms with E-state index in [1.165, 1.54) is 0 Å². The van der Waals surface area contributed by atoms with Gasteiger partial charge in [-0.25, -0.2) is 22.9 Å². The zero-order valence-corrected chi connectivity index (χ0v) is 13.8. The normalized spacial score (nSPS) is 14.5. The summed E-state index contributed by atoms with van der Waals surface area (Å²) in [5.74, 6) is -40.4. The average molecular weight is 426 g/mol. The van der Waals surface area contributed by atoms with Crippen molar-refractivity contribution in [3.05, 3.63) is 0 Å². The Balaban J connectivity index is -0.00000288. The maximum atomic E-state index is 13.1. The predicted molar refractivity (Wildman–Crippen MR) is 49.0 cm³/mol. The first kappa shape index (κ1) is 27.2. The summed E-state index contributed by atoms with van der Waals surface area (Å²) in [5, 5.41) is 0. The third-order valence-electron chi connectivity index (χ3n) is 2.49. The van der Waals surface area contributed by atoms with E-state index in [4.69, 9.17) is 0 Å². The Morgan fingerprint density at radius 3 is 1.46 bits per heavy atom. The standard InChI is InChI=1S/C9H2F12O4.Na.H/c10-2(1(22)3(11)12)6(13,14)7(15,16)4(23)8(17,18)9(19,20)5(24)25-21;;/h2-3H;;/q;+1;-1. The number of rotatable bonds is 8. The zero-order valence-electron chi connectivity index (χ0n) is 12.8. The maximum Gasteiger partial charge on any atom is 1.00 e. The van der Waals surface area contributed by atoms with Gasteiger partial charge in [0, 0.05) is 4.53 Å². The van der Waals surface area contributed by atoms with E-state index in [0.29, 0.717) is 0 Å². The summed E-state index contributed by atoms with van der Waals surface area (Å²) in [6.45, 7) is 0. The van der Waals surface area contributed by atoms with Gasteiger partial charge < -0.3 is 1.43 Å². The van der Waals surface area contributed by atoms with Gasteiger partial charge in [0.2, 0.25) is 12.0 Å². The fraction of sp³-hybridized carbons (Fsp3) is 0.667. The fourth-order valence-electron chi connectivity index (χ4n) is 1.12. The van der Waals surface area contributed by atoms with Crippen LogP contribution in [0.2, 0.25) is 0 Å². The minimum Gasteiger partial charge on any atom is -1.00 e. The molecule has 0 aliphatic rings. The second kappa shape index (κ2) is 8.33. The Morgan fingerprint density at radius 2 is 1.15 bits per heavy atom. The predicted octanol–water partition coefficient (Wildman–Crippen LogP) is -0.187. The van der Waals surface area contributed by atoms with Crippen LogP contribution in [0.1, 0.15) is 1.43 Å². The third kappa shape index (κ3) is 4.27. The van der Waals surface area contributed by atoms with Crippen LogP contribution in [-0.4, -0.2) is 53.8 Å². The van der Waals surface area contributed by atoms with Crippen LogP contribution < -0.4 is 29.6 Å². The van der Waals surface area contributed by atoms with Crippen LogP contribution in [0, 0.1) is 0 Å². The molecule has 0 aromatic rings. The molecule has 0 N–H and O–H groups in total. The van der Waals surface area contributed by atoms with Crippen molar-refractivity contribution in [2.75, 3.05) is 0 Å². The van der Waals surface area contributed by atoms with Gasteiger partial charge in [-0.05, 0) is 0 Å². The quantitative estimate of drug-likeness (QED) is 0.399. The van der Waals surface area contributed by atoms with Crippen molar-refractivity contribution in [3.63, 3.8) is 0 Å². The van der Waals surface area contributed by atoms with Gasteiger partial charge in [-0.15, -0.1) is 0 Å². The zero-order chi connectivity index (χ0) is 20.6. The second-order valence-corrected chi connectivity index (χ2v) is 4.11. The number of hydrogen-bond acceptors (Lipinski definition) is 4. The first-order valence-electron chi connectivity index (χ1n) is 5.25. The van der Waals surface area contributed by atoms with Gasteiger partial charge in [0.25, 0.3) is 12.2 Å². The molecule has 0 aromatic carbocycles. The summed E-state index contributed by atoms with van der Waals surface area (Å²) in [6.07, 6.45) is -9.92. The van der Waals surface area contributed by atoms with Crippen LogP contribution in [0.4, 0.5) is 52.8 Å². The van der Waals surface area contributed by atoms with Gasteiger partial charge in [0.05, 0.1) is 0 Å². The van der Waals surface area contributed by atoms with Gasteiger partial charge in [-0.3, -0.25) is 9.59 Å². The van der Waals surface area contributed by atoms with Crippen LogP contribution in [-0.2, 0) is 19.3 Å². The largest absolute Gasteiger partial charge is 1.00 e. The minimum absolute atomic E-state index is 0. The Bertz CT molecular complexity index is 569. The van der Waals surface area contributed by atoms with E-state index >= 15 is 0 Å². The Morgan fingerprint density at radius 1 is 0.769 bits per heavy atom. The number of carbonyl (C=O) groups is 3. The molecule has 0 saturated heterocycles. The van der Waals surface area contributed by atoms with Crippen molar-refractivity contribution in [2.24, 2.45) is 0 Å². The molecule has 0 spiro atoms. The Labute approximate surface area is 157 Å². The molecule has 0 radical (unpaired) electrons. The van der Waals surface area contributed by atoms with Crippen molar-refractivity contribution >= 4 is 17.5 Å². The van der Waals surface area contributed by atoms with Gasteiger partial charge in [0.15, 0.2) is 0 Å². The summed E-state index contributed by atoms with van der Waals surface area (Å²) >= 11 is 0. The fourth-order valence-corrected chi connectivity index (χ4v) is 1.12. The molecular weight excluding hydrogens is 423 g/mol. The van der Waals surface area contributed by atoms with E-state index in [-0.39, 0.29) is 31.0 Å². The molecular formula is C9H3F12NaO4. The molecule has 0 aliphatic carbocycles. The Kier molecular flexibility index (Phi) is 8.71. The minimum atomic E-state index is -7.19. The van der Waals surface area contributed by atoms with Crippen LogP contribution in [0.15, 0.2) is 0 Å². The number of ketones is 2. The molecule has 1 unspecified atom stereocenters. The van der Waals surface area contributed by atoms with E-state index in [1.807, 2.05) is 0 Å². The molecule has 0 heterocycles. The van der Waals surface area contributed by atoms with Crippen LogP contribution in [0.3, 0.4) is 0 Å². The van der Waals surface area contributed by atoms with Gasteiger partial charge >= 0.3 is 59.2 Å². The molecule has 0 aromatic heterocycles. The van der Waals surface area contributed by atoms with Crippen molar-refractivity contribution in [1.29, 1.82) is 0 Å². The SMILES string of the molecule is O=C(C(F)F)C(F)C(F)(F)C(F)(F)C(=O)C(F)(F)C(F)(F)C(=O)OF.[H-].[Na+]. The van der Waals surface area contributed by atoms with Gasteiger partial charge in [-0.1, -0.05) is 0 Å². The summed E-state index contributed by atoms with van der Waals surface area (Å²) < 4.78 is 151. The molecule has 0 aliphatic heterocycles. The maximum absolute atomic E-state index is 13.1. The number of carbonyl (C=O) groups excluding carboxylic acids is 3. The van der Waals surface area contributed by atoms with Crippen molar-refractivity contribution in [3.8, 4) is 0 Å². The molecule has 26 heavy (non-hydrogen) atoms. The van der Waals surface area contributed by atoms with E-state index in [2.05, 4.69) is 0 Å². The number of alkyl halides is 11. The summed E-state index contributed by atoms with van der Waals surface area (Å²) in [4.78, 5) is 32.5. The first-order valence-corrected chi connectivity index (χ1v) is 5.25. The molecule has 0 fully saturated rings. The van der Waals surface area contributed by atoms with Crippen molar-refractivity contribution in [2.45, 2.75) is 36.3 Å². The summed E-state index contributed by atoms with van der Waals surface area (Å²) in [7, 11) is 0. The third-order valence-corrected chi connectivity index (χ3v) is 2.49. The average Bonchev–Trinajstić information content (AvgIpc) is 2.50. The van der Waals surface area contributed by atoms with Crippen molar-refractivity contribution in [1.82, 2.24) is 0 Å². The number of Topliss-reactive ketones (excluding diaryl/α,β-unsaturated/α-hetero) is 2. The Hall–Kier alpha value is -1.03. The van der Waals surface area contributed by atoms with Crippen LogP contribution in [0.5, 0.6) is 0 Å². The molecule has 17 heteroatoms. The summed E-state index contributed by atoms with van der Waals surface area (Å²) in [5.41, 5.74) is 0. The molecule has 1 atom stereocenters. The molecule has 0 saturated carbocycles. The topological polar surface area (TPSA) is 60.4 Å². The second-order valence-electron chi connectivity index (χ2n) is 4.11. The smallest absolute Gasteiger partial charge is 1.00 e. The first-order chi connectivity index (χ1) is 10.9. The molecule has 0 bridgehead atoms. The molecule has 4 nitrogen and oxygen atoms in total. The molecule has 0 amide bonds. The van der Waals surface area contributed by atoms with Crippen LogP contribution >= 0.6 is 0 Å². The van der Waals surface area contributed by atoms with Gasteiger partial charge in [0.1, 0.15) is 0 Å². The van der Waals surface area contributed by atoms with Gasteiger partial charge in [-0.2, -0.15) is 35.1 Å². The number of hydrogen-bond donors (Lipinski definition) is 0. The summed E-state index contributed by atoms with van der Waals surface area (Å²) in [6, 6.07) is 0. The van der Waals surface area contributed by atoms with E-state index < -0.39 is 53.8 Å². The van der Waals surface area contributed by atoms with Crippen molar-refractivity contribution < 1.29 is 103 Å². The van der Waals surface area contributed by atoms with Crippen LogP contribution in [0.25, 0.3) is 0 Å². The molecule has 148 valence electrons. The monoisotopic (exact) mass is 426 g/mol. The molecule has 0 rings (SSSR count).